The summed E-state index contributed by atoms with van der Waals surface area (Å²) in [4.78, 5) is 35.9. The SMILES string of the molecule is BC(B)(COc1ccn(-c2ccc(C(=O)NS(=O)(=O)c3cccc(NCCC[C@@H]4CN(C(=O)OC(C)(C)C)C(C)(C)C4)n3)c(Cl)n2)n1)CC1(C(F)(F)F)CC1. The maximum Gasteiger partial charge on any atom is 0.410 e. The number of ether oxygens (including phenoxy) is 2. The highest BCUT2D eigenvalue weighted by Gasteiger charge is 2.64. The van der Waals surface area contributed by atoms with E-state index in [-0.39, 0.29) is 70.9 Å². The van der Waals surface area contributed by atoms with Crippen LogP contribution in [0, 0.1) is 11.3 Å². The van der Waals surface area contributed by atoms with Crippen molar-refractivity contribution in [2.45, 2.75) is 101 Å². The molecule has 1 atom stereocenters. The number of rotatable bonds is 14. The summed E-state index contributed by atoms with van der Waals surface area (Å²) >= 11 is 6.31. The number of sulfonamides is 1. The molecule has 0 bridgehead atoms. The van der Waals surface area contributed by atoms with Gasteiger partial charge in [-0.2, -0.15) is 21.6 Å². The quantitative estimate of drug-likeness (QED) is 0.127. The molecule has 2 aliphatic rings. The molecule has 20 heteroatoms. The second-order valence-corrected chi connectivity index (χ2v) is 18.8. The van der Waals surface area contributed by atoms with Crippen molar-refractivity contribution in [3.05, 3.63) is 53.3 Å². The van der Waals surface area contributed by atoms with Gasteiger partial charge in [-0.1, -0.05) is 22.9 Å². The van der Waals surface area contributed by atoms with Crippen LogP contribution in [0.3, 0.4) is 0 Å². The Morgan fingerprint density at radius 1 is 1.07 bits per heavy atom. The number of nitrogens with one attached hydrogen (secondary N) is 2. The van der Waals surface area contributed by atoms with E-state index in [2.05, 4.69) is 20.4 Å². The monoisotopic (exact) mass is 807 g/mol. The molecule has 4 heterocycles. The lowest BCUT2D eigenvalue weighted by atomic mass is 9.51. The summed E-state index contributed by atoms with van der Waals surface area (Å²) in [7, 11) is -0.973. The first kappa shape index (κ1) is 42.2. The lowest BCUT2D eigenvalue weighted by Crippen LogP contribution is -2.45. The average molecular weight is 808 g/mol. The van der Waals surface area contributed by atoms with E-state index in [0.717, 1.165) is 19.3 Å². The van der Waals surface area contributed by atoms with Gasteiger partial charge in [0, 0.05) is 30.9 Å². The molecule has 1 saturated heterocycles. The molecule has 55 heavy (non-hydrogen) atoms. The second kappa shape index (κ2) is 15.5. The zero-order valence-electron chi connectivity index (χ0n) is 32.1. The topological polar surface area (TPSA) is 158 Å². The molecule has 1 aliphatic heterocycles. The van der Waals surface area contributed by atoms with Crippen LogP contribution in [-0.2, 0) is 14.8 Å². The first-order valence-electron chi connectivity index (χ1n) is 18.1. The molecule has 5 rings (SSSR count). The van der Waals surface area contributed by atoms with E-state index in [1.165, 1.54) is 41.2 Å². The predicted octanol–water partition coefficient (Wildman–Crippen LogP) is 5.16. The van der Waals surface area contributed by atoms with E-state index in [9.17, 15) is 31.2 Å². The Hall–Kier alpha value is -3.99. The van der Waals surface area contributed by atoms with Crippen LogP contribution < -0.4 is 14.8 Å². The lowest BCUT2D eigenvalue weighted by molar-refractivity contribution is -0.190. The maximum absolute atomic E-state index is 13.5. The van der Waals surface area contributed by atoms with Crippen molar-refractivity contribution in [1.82, 2.24) is 29.4 Å². The van der Waals surface area contributed by atoms with Crippen LogP contribution in [0.25, 0.3) is 5.82 Å². The summed E-state index contributed by atoms with van der Waals surface area (Å²) in [5.41, 5.74) is -2.78. The van der Waals surface area contributed by atoms with Crippen molar-refractivity contribution >= 4 is 55.1 Å². The number of amides is 2. The Morgan fingerprint density at radius 2 is 1.78 bits per heavy atom. The van der Waals surface area contributed by atoms with Crippen molar-refractivity contribution in [3.63, 3.8) is 0 Å². The van der Waals surface area contributed by atoms with Gasteiger partial charge in [-0.25, -0.2) is 24.2 Å². The molecular weight excluding hydrogens is 761 g/mol. The van der Waals surface area contributed by atoms with Crippen LogP contribution in [-0.4, -0.2) is 97.8 Å². The number of pyridine rings is 2. The average Bonchev–Trinajstić information content (AvgIpc) is 3.56. The van der Waals surface area contributed by atoms with Crippen molar-refractivity contribution < 1.29 is 40.7 Å². The number of anilines is 1. The zero-order valence-corrected chi connectivity index (χ0v) is 33.7. The lowest BCUT2D eigenvalue weighted by Gasteiger charge is -2.33. The standard InChI is InChI=1S/C35H47B2ClF3N7O6S/c1-31(2,3)54-30(50)47-19-22(18-32(47,4)5)8-7-16-42-24-9-6-10-27(43-24)55(51,52)46-29(49)23-11-12-25(44-28(23)38)48-17-13-26(45-48)53-21-34(36,37)20-33(14-15-33)35(39,40)41/h6,9-13,17,22H,7-8,14-16,18-21,36-37H2,1-5H3,(H,42,43)(H,46,49)/t22-/m0/s1. The number of hydrogen-bond acceptors (Lipinski definition) is 10. The van der Waals surface area contributed by atoms with Gasteiger partial charge in [0.25, 0.3) is 15.9 Å². The fourth-order valence-electron chi connectivity index (χ4n) is 6.90. The third kappa shape index (κ3) is 10.7. The van der Waals surface area contributed by atoms with Crippen LogP contribution in [0.1, 0.15) is 83.5 Å². The molecule has 0 spiro atoms. The normalized spacial score (nSPS) is 18.1. The Kier molecular flexibility index (Phi) is 11.9. The van der Waals surface area contributed by atoms with Gasteiger partial charge < -0.3 is 19.7 Å². The van der Waals surface area contributed by atoms with E-state index in [1.807, 2.05) is 39.3 Å². The number of halogens is 4. The summed E-state index contributed by atoms with van der Waals surface area (Å²) in [6, 6.07) is 8.59. The van der Waals surface area contributed by atoms with E-state index in [4.69, 9.17) is 21.1 Å². The predicted molar refractivity (Wildman–Crippen MR) is 206 cm³/mol. The van der Waals surface area contributed by atoms with Gasteiger partial charge >= 0.3 is 12.3 Å². The first-order valence-corrected chi connectivity index (χ1v) is 20.0. The number of carbonyl (C=O) groups is 2. The van der Waals surface area contributed by atoms with Crippen LogP contribution in [0.5, 0.6) is 5.88 Å². The number of likely N-dealkylation sites (tertiary alicyclic amines) is 1. The molecule has 0 radical (unpaired) electrons. The molecule has 0 unspecified atom stereocenters. The van der Waals surface area contributed by atoms with Crippen molar-refractivity contribution in [2.24, 2.45) is 11.3 Å². The number of alkyl halides is 3. The molecule has 298 valence electrons. The highest BCUT2D eigenvalue weighted by molar-refractivity contribution is 7.90. The summed E-state index contributed by atoms with van der Waals surface area (Å²) in [5.74, 6) is -0.0985. The van der Waals surface area contributed by atoms with Crippen molar-refractivity contribution in [2.75, 3.05) is 25.0 Å². The molecule has 2 fully saturated rings. The highest BCUT2D eigenvalue weighted by atomic mass is 35.5. The summed E-state index contributed by atoms with van der Waals surface area (Å²) in [6.45, 7) is 10.7. The third-order valence-electron chi connectivity index (χ3n) is 9.66. The third-order valence-corrected chi connectivity index (χ3v) is 11.2. The van der Waals surface area contributed by atoms with Gasteiger partial charge in [-0.15, -0.1) is 5.10 Å². The van der Waals surface area contributed by atoms with Crippen LogP contribution in [0.15, 0.2) is 47.6 Å². The first-order chi connectivity index (χ1) is 25.4. The molecule has 3 aromatic rings. The minimum absolute atomic E-state index is 0.00809. The van der Waals surface area contributed by atoms with E-state index in [0.29, 0.717) is 18.9 Å². The molecule has 13 nitrogen and oxygen atoms in total. The second-order valence-electron chi connectivity index (χ2n) is 16.9. The van der Waals surface area contributed by atoms with Gasteiger partial charge in [0.2, 0.25) is 5.88 Å². The molecular formula is C35H47B2ClF3N7O6S. The van der Waals surface area contributed by atoms with Gasteiger partial charge in [0.1, 0.15) is 32.3 Å². The zero-order chi connectivity index (χ0) is 40.6. The number of hydrogen-bond donors (Lipinski definition) is 2. The fraction of sp³-hybridized carbons (Fsp3) is 0.571. The Morgan fingerprint density at radius 3 is 2.42 bits per heavy atom. The van der Waals surface area contributed by atoms with Crippen LogP contribution in [0.4, 0.5) is 23.8 Å². The number of carbonyl (C=O) groups excluding carboxylic acids is 2. The molecule has 2 amide bonds. The van der Waals surface area contributed by atoms with Gasteiger partial charge in [0.15, 0.2) is 10.8 Å². The fourth-order valence-corrected chi connectivity index (χ4v) is 8.07. The summed E-state index contributed by atoms with van der Waals surface area (Å²) < 4.78 is 81.3. The largest absolute Gasteiger partial charge is 0.478 e. The summed E-state index contributed by atoms with van der Waals surface area (Å²) in [6.07, 6.45) is -0.490. The van der Waals surface area contributed by atoms with E-state index in [1.54, 1.807) is 26.7 Å². The summed E-state index contributed by atoms with van der Waals surface area (Å²) in [5, 5.41) is 5.96. The molecule has 3 aromatic heterocycles. The highest BCUT2D eigenvalue weighted by Crippen LogP contribution is 2.63. The van der Waals surface area contributed by atoms with Gasteiger partial charge in [-0.3, -0.25) is 4.79 Å². The molecule has 2 N–H and O–H groups in total. The van der Waals surface area contributed by atoms with Crippen LogP contribution >= 0.6 is 11.6 Å². The van der Waals surface area contributed by atoms with Crippen LogP contribution in [0.2, 0.25) is 10.4 Å². The van der Waals surface area contributed by atoms with Crippen molar-refractivity contribution in [1.29, 1.82) is 0 Å². The Balaban J connectivity index is 1.12. The smallest absolute Gasteiger partial charge is 0.410 e. The molecule has 1 aliphatic carbocycles. The molecule has 1 saturated carbocycles. The number of aromatic nitrogens is 4. The maximum atomic E-state index is 13.5. The van der Waals surface area contributed by atoms with E-state index >= 15 is 0 Å². The minimum Gasteiger partial charge on any atom is -0.478 e. The van der Waals surface area contributed by atoms with Crippen molar-refractivity contribution in [3.8, 4) is 11.7 Å². The van der Waals surface area contributed by atoms with E-state index < -0.39 is 38.3 Å². The van der Waals surface area contributed by atoms with Gasteiger partial charge in [-0.05, 0) is 103 Å². The Bertz CT molecular complexity index is 2010. The van der Waals surface area contributed by atoms with Gasteiger partial charge in [0.05, 0.1) is 17.6 Å². The number of nitrogens with zero attached hydrogens (tertiary/aromatic N) is 5. The Labute approximate surface area is 326 Å². The minimum atomic E-state index is -4.41. The molecule has 0 aromatic carbocycles.